The van der Waals surface area contributed by atoms with Gasteiger partial charge < -0.3 is 5.11 Å². The fraction of sp³-hybridized carbons (Fsp3) is 0.222. The molecule has 0 bridgehead atoms. The van der Waals surface area contributed by atoms with Crippen LogP contribution in [0, 0.1) is 33.1 Å². The van der Waals surface area contributed by atoms with E-state index in [1.807, 2.05) is 63.2 Å². The molecule has 0 amide bonds. The average Bonchev–Trinajstić information content (AvgIpc) is 2.41. The van der Waals surface area contributed by atoms with Gasteiger partial charge in [-0.2, -0.15) is 0 Å². The number of terminal acetylenes is 1. The molecule has 0 aromatic heterocycles. The summed E-state index contributed by atoms with van der Waals surface area (Å²) in [5, 5.41) is 11.0. The fourth-order valence-corrected chi connectivity index (χ4v) is 2.41. The molecular weight excluding hydrogens is 232 g/mol. The number of hydrogen-bond donors (Lipinski definition) is 1. The first-order valence-corrected chi connectivity index (χ1v) is 6.33. The highest BCUT2D eigenvalue weighted by molar-refractivity contribution is 5.50. The zero-order chi connectivity index (χ0) is 14.0. The van der Waals surface area contributed by atoms with E-state index in [0.29, 0.717) is 0 Å². The van der Waals surface area contributed by atoms with Crippen LogP contribution in [0.3, 0.4) is 0 Å². The highest BCUT2D eigenvalue weighted by atomic mass is 16.3. The first-order valence-electron chi connectivity index (χ1n) is 6.33. The molecule has 2 aromatic rings. The molecule has 0 spiro atoms. The quantitative estimate of drug-likeness (QED) is 0.809. The molecular formula is C18H18O. The van der Waals surface area contributed by atoms with Gasteiger partial charge in [0.1, 0.15) is 0 Å². The molecule has 1 unspecified atom stereocenters. The first kappa shape index (κ1) is 13.4. The van der Waals surface area contributed by atoms with Gasteiger partial charge in [-0.25, -0.2) is 0 Å². The van der Waals surface area contributed by atoms with Gasteiger partial charge in [-0.3, -0.25) is 0 Å². The molecule has 1 atom stereocenters. The Bertz CT molecular complexity index is 649. The standard InChI is InChI=1S/C18H18O/c1-5-18(19,16-9-7-6-8-14(16)3)17-12-13(2)10-11-15(17)4/h1,6-12,19H,2-4H3. The maximum Gasteiger partial charge on any atom is 0.177 e. The van der Waals surface area contributed by atoms with Gasteiger partial charge in [-0.05, 0) is 31.9 Å². The number of aliphatic hydroxyl groups is 1. The SMILES string of the molecule is C#CC(O)(c1ccccc1C)c1cc(C)ccc1C. The van der Waals surface area contributed by atoms with Crippen molar-refractivity contribution in [3.8, 4) is 12.3 Å². The minimum Gasteiger partial charge on any atom is -0.369 e. The molecule has 19 heavy (non-hydrogen) atoms. The van der Waals surface area contributed by atoms with Crippen LogP contribution in [0.4, 0.5) is 0 Å². The Morgan fingerprint density at radius 3 is 2.21 bits per heavy atom. The second kappa shape index (κ2) is 4.91. The van der Waals surface area contributed by atoms with Gasteiger partial charge >= 0.3 is 0 Å². The van der Waals surface area contributed by atoms with E-state index < -0.39 is 5.60 Å². The molecule has 1 heteroatoms. The molecule has 0 radical (unpaired) electrons. The molecule has 0 fully saturated rings. The second-order valence-corrected chi connectivity index (χ2v) is 4.99. The third kappa shape index (κ3) is 2.28. The molecule has 0 saturated heterocycles. The van der Waals surface area contributed by atoms with E-state index in [9.17, 15) is 5.11 Å². The summed E-state index contributed by atoms with van der Waals surface area (Å²) in [5.41, 5.74) is 3.25. The molecule has 96 valence electrons. The lowest BCUT2D eigenvalue weighted by Gasteiger charge is -2.27. The summed E-state index contributed by atoms with van der Waals surface area (Å²) in [5.74, 6) is 2.58. The zero-order valence-electron chi connectivity index (χ0n) is 11.6. The van der Waals surface area contributed by atoms with Crippen LogP contribution in [0.25, 0.3) is 0 Å². The van der Waals surface area contributed by atoms with Crippen LogP contribution in [0.2, 0.25) is 0 Å². The van der Waals surface area contributed by atoms with Gasteiger partial charge in [-0.1, -0.05) is 53.9 Å². The van der Waals surface area contributed by atoms with E-state index in [4.69, 9.17) is 6.42 Å². The van der Waals surface area contributed by atoms with Crippen LogP contribution in [0.15, 0.2) is 42.5 Å². The molecule has 2 aromatic carbocycles. The Morgan fingerprint density at radius 2 is 1.58 bits per heavy atom. The topological polar surface area (TPSA) is 20.2 Å². The smallest absolute Gasteiger partial charge is 0.177 e. The summed E-state index contributed by atoms with van der Waals surface area (Å²) in [4.78, 5) is 0. The Labute approximate surface area is 114 Å². The van der Waals surface area contributed by atoms with Crippen molar-refractivity contribution in [2.75, 3.05) is 0 Å². The molecule has 0 aliphatic heterocycles. The van der Waals surface area contributed by atoms with Crippen LogP contribution in [-0.4, -0.2) is 5.11 Å². The Kier molecular flexibility index (Phi) is 3.46. The summed E-state index contributed by atoms with van der Waals surface area (Å²) in [7, 11) is 0. The van der Waals surface area contributed by atoms with Gasteiger partial charge in [0.25, 0.3) is 0 Å². The lowest BCUT2D eigenvalue weighted by molar-refractivity contribution is 0.144. The third-order valence-corrected chi connectivity index (χ3v) is 3.53. The molecule has 0 aliphatic carbocycles. The first-order chi connectivity index (χ1) is 8.99. The van der Waals surface area contributed by atoms with Crippen LogP contribution in [0.5, 0.6) is 0 Å². The van der Waals surface area contributed by atoms with Crippen molar-refractivity contribution in [1.29, 1.82) is 0 Å². The summed E-state index contributed by atoms with van der Waals surface area (Å²) in [6.45, 7) is 5.93. The van der Waals surface area contributed by atoms with E-state index >= 15 is 0 Å². The van der Waals surface area contributed by atoms with Gasteiger partial charge in [-0.15, -0.1) is 6.42 Å². The van der Waals surface area contributed by atoms with Crippen molar-refractivity contribution in [2.45, 2.75) is 26.4 Å². The van der Waals surface area contributed by atoms with Crippen LogP contribution in [-0.2, 0) is 5.60 Å². The molecule has 1 nitrogen and oxygen atoms in total. The number of aryl methyl sites for hydroxylation is 3. The van der Waals surface area contributed by atoms with Crippen LogP contribution < -0.4 is 0 Å². The molecule has 1 N–H and O–H groups in total. The Morgan fingerprint density at radius 1 is 0.947 bits per heavy atom. The van der Waals surface area contributed by atoms with E-state index in [0.717, 1.165) is 27.8 Å². The van der Waals surface area contributed by atoms with E-state index in [2.05, 4.69) is 5.92 Å². The fourth-order valence-electron chi connectivity index (χ4n) is 2.41. The van der Waals surface area contributed by atoms with Gasteiger partial charge in [0, 0.05) is 11.1 Å². The van der Waals surface area contributed by atoms with E-state index in [1.165, 1.54) is 0 Å². The third-order valence-electron chi connectivity index (χ3n) is 3.53. The van der Waals surface area contributed by atoms with E-state index in [1.54, 1.807) is 0 Å². The number of hydrogen-bond acceptors (Lipinski definition) is 1. The van der Waals surface area contributed by atoms with Crippen molar-refractivity contribution in [3.63, 3.8) is 0 Å². The predicted octanol–water partition coefficient (Wildman–Crippen LogP) is 3.48. The molecule has 2 rings (SSSR count). The maximum atomic E-state index is 11.0. The number of rotatable bonds is 2. The summed E-state index contributed by atoms with van der Waals surface area (Å²) in [6, 6.07) is 13.7. The predicted molar refractivity (Wildman–Crippen MR) is 78.9 cm³/mol. The molecule has 0 aliphatic rings. The summed E-state index contributed by atoms with van der Waals surface area (Å²) >= 11 is 0. The van der Waals surface area contributed by atoms with Gasteiger partial charge in [0.2, 0.25) is 0 Å². The monoisotopic (exact) mass is 250 g/mol. The van der Waals surface area contributed by atoms with Gasteiger partial charge in [0.15, 0.2) is 5.60 Å². The van der Waals surface area contributed by atoms with Crippen molar-refractivity contribution in [3.05, 3.63) is 70.3 Å². The highest BCUT2D eigenvalue weighted by Crippen LogP contribution is 2.33. The van der Waals surface area contributed by atoms with Crippen molar-refractivity contribution >= 4 is 0 Å². The largest absolute Gasteiger partial charge is 0.369 e. The lowest BCUT2D eigenvalue weighted by Crippen LogP contribution is -2.27. The van der Waals surface area contributed by atoms with Crippen molar-refractivity contribution in [2.24, 2.45) is 0 Å². The zero-order valence-corrected chi connectivity index (χ0v) is 11.6. The van der Waals surface area contributed by atoms with Crippen LogP contribution in [0.1, 0.15) is 27.8 Å². The molecule has 0 heterocycles. The van der Waals surface area contributed by atoms with Crippen LogP contribution >= 0.6 is 0 Å². The van der Waals surface area contributed by atoms with Crippen molar-refractivity contribution in [1.82, 2.24) is 0 Å². The minimum absolute atomic E-state index is 0.770. The average molecular weight is 250 g/mol. The van der Waals surface area contributed by atoms with E-state index in [-0.39, 0.29) is 0 Å². The van der Waals surface area contributed by atoms with Gasteiger partial charge in [0.05, 0.1) is 0 Å². The normalized spacial score (nSPS) is 13.6. The minimum atomic E-state index is -1.37. The second-order valence-electron chi connectivity index (χ2n) is 4.99. The Balaban J connectivity index is 2.71. The maximum absolute atomic E-state index is 11.0. The highest BCUT2D eigenvalue weighted by Gasteiger charge is 2.31. The number of benzene rings is 2. The lowest BCUT2D eigenvalue weighted by atomic mass is 9.82. The summed E-state index contributed by atoms with van der Waals surface area (Å²) < 4.78 is 0. The Hall–Kier alpha value is -2.04. The molecule has 0 saturated carbocycles. The summed E-state index contributed by atoms with van der Waals surface area (Å²) in [6.07, 6.45) is 5.66. The van der Waals surface area contributed by atoms with Crippen molar-refractivity contribution < 1.29 is 5.11 Å².